The van der Waals surface area contributed by atoms with E-state index in [4.69, 9.17) is 4.74 Å². The highest BCUT2D eigenvalue weighted by atomic mass is 16.5. The van der Waals surface area contributed by atoms with E-state index in [2.05, 4.69) is 0 Å². The fourth-order valence-corrected chi connectivity index (χ4v) is 0.875. The van der Waals surface area contributed by atoms with Gasteiger partial charge in [0.05, 0.1) is 12.9 Å². The van der Waals surface area contributed by atoms with Crippen LogP contribution in [-0.4, -0.2) is 12.9 Å². The van der Waals surface area contributed by atoms with Crippen LogP contribution < -0.4 is 0 Å². The van der Waals surface area contributed by atoms with E-state index in [0.717, 1.165) is 31.3 Å². The Morgan fingerprint density at radius 1 is 1.78 bits per heavy atom. The highest BCUT2D eigenvalue weighted by Crippen LogP contribution is 2.13. The number of carbonyl (C=O) groups is 1. The van der Waals surface area contributed by atoms with E-state index >= 15 is 0 Å². The van der Waals surface area contributed by atoms with Crippen LogP contribution in [0.15, 0.2) is 11.8 Å². The number of carbonyl (C=O) groups excluding carboxylic acids is 1. The standard InChI is InChI=1S/C7H10O2/c8-4-3-7-2-1-5-9-6-7/h4,6H,1-3,5H2. The fraction of sp³-hybridized carbons (Fsp3) is 0.571. The molecule has 2 heteroatoms. The van der Waals surface area contributed by atoms with E-state index in [0.29, 0.717) is 6.42 Å². The summed E-state index contributed by atoms with van der Waals surface area (Å²) in [5.41, 5.74) is 1.12. The normalized spacial score (nSPS) is 18.0. The van der Waals surface area contributed by atoms with Gasteiger partial charge in [-0.25, -0.2) is 0 Å². The quantitative estimate of drug-likeness (QED) is 0.521. The molecule has 0 unspecified atom stereocenters. The van der Waals surface area contributed by atoms with Crippen molar-refractivity contribution >= 4 is 6.29 Å². The van der Waals surface area contributed by atoms with Crippen LogP contribution in [0.2, 0.25) is 0 Å². The molecule has 0 aromatic heterocycles. The Bertz CT molecular complexity index is 127. The van der Waals surface area contributed by atoms with E-state index < -0.39 is 0 Å². The first-order valence-corrected chi connectivity index (χ1v) is 3.16. The van der Waals surface area contributed by atoms with Crippen LogP contribution in [0.1, 0.15) is 19.3 Å². The Morgan fingerprint density at radius 2 is 2.67 bits per heavy atom. The lowest BCUT2D eigenvalue weighted by molar-refractivity contribution is -0.107. The van der Waals surface area contributed by atoms with Crippen LogP contribution in [-0.2, 0) is 9.53 Å². The van der Waals surface area contributed by atoms with Gasteiger partial charge in [0.2, 0.25) is 0 Å². The van der Waals surface area contributed by atoms with Gasteiger partial charge in [0.1, 0.15) is 6.29 Å². The molecule has 1 rings (SSSR count). The van der Waals surface area contributed by atoms with Gasteiger partial charge >= 0.3 is 0 Å². The number of rotatable bonds is 2. The first kappa shape index (κ1) is 6.33. The number of hydrogen-bond donors (Lipinski definition) is 0. The molecule has 1 heterocycles. The van der Waals surface area contributed by atoms with Crippen molar-refractivity contribution < 1.29 is 9.53 Å². The molecular weight excluding hydrogens is 116 g/mol. The van der Waals surface area contributed by atoms with Crippen LogP contribution in [0.4, 0.5) is 0 Å². The van der Waals surface area contributed by atoms with Gasteiger partial charge in [-0.05, 0) is 18.4 Å². The second-order valence-electron chi connectivity index (χ2n) is 2.12. The summed E-state index contributed by atoms with van der Waals surface area (Å²) >= 11 is 0. The van der Waals surface area contributed by atoms with E-state index in [1.165, 1.54) is 0 Å². The molecular formula is C7H10O2. The van der Waals surface area contributed by atoms with Gasteiger partial charge in [0.15, 0.2) is 0 Å². The van der Waals surface area contributed by atoms with Crippen molar-refractivity contribution in [3.05, 3.63) is 11.8 Å². The topological polar surface area (TPSA) is 26.3 Å². The van der Waals surface area contributed by atoms with E-state index in [9.17, 15) is 4.79 Å². The molecule has 0 atom stereocenters. The second-order valence-corrected chi connectivity index (χ2v) is 2.12. The molecule has 50 valence electrons. The minimum Gasteiger partial charge on any atom is -0.501 e. The summed E-state index contributed by atoms with van der Waals surface area (Å²) in [6, 6.07) is 0. The van der Waals surface area contributed by atoms with Crippen LogP contribution in [0.5, 0.6) is 0 Å². The van der Waals surface area contributed by atoms with Gasteiger partial charge in [0, 0.05) is 6.42 Å². The Kier molecular flexibility index (Phi) is 2.31. The monoisotopic (exact) mass is 126 g/mol. The first-order valence-electron chi connectivity index (χ1n) is 3.16. The number of aldehydes is 1. The zero-order valence-electron chi connectivity index (χ0n) is 5.30. The maximum atomic E-state index is 9.98. The molecule has 0 bridgehead atoms. The van der Waals surface area contributed by atoms with Crippen LogP contribution >= 0.6 is 0 Å². The maximum Gasteiger partial charge on any atom is 0.124 e. The van der Waals surface area contributed by atoms with Crippen LogP contribution in [0.3, 0.4) is 0 Å². The Labute approximate surface area is 54.5 Å². The summed E-state index contributed by atoms with van der Waals surface area (Å²) < 4.78 is 5.01. The highest BCUT2D eigenvalue weighted by Gasteiger charge is 2.01. The Hall–Kier alpha value is -0.790. The highest BCUT2D eigenvalue weighted by molar-refractivity contribution is 5.54. The summed E-state index contributed by atoms with van der Waals surface area (Å²) in [6.45, 7) is 0.808. The maximum absolute atomic E-state index is 9.98. The van der Waals surface area contributed by atoms with Gasteiger partial charge in [-0.3, -0.25) is 0 Å². The Morgan fingerprint density at radius 3 is 3.22 bits per heavy atom. The van der Waals surface area contributed by atoms with E-state index in [-0.39, 0.29) is 0 Å². The van der Waals surface area contributed by atoms with Crippen LogP contribution in [0.25, 0.3) is 0 Å². The van der Waals surface area contributed by atoms with Crippen LogP contribution in [0, 0.1) is 0 Å². The molecule has 1 aliphatic heterocycles. The molecule has 2 nitrogen and oxygen atoms in total. The smallest absolute Gasteiger partial charge is 0.124 e. The molecule has 0 spiro atoms. The van der Waals surface area contributed by atoms with Crippen molar-refractivity contribution in [3.63, 3.8) is 0 Å². The van der Waals surface area contributed by atoms with Crippen molar-refractivity contribution in [3.8, 4) is 0 Å². The fourth-order valence-electron chi connectivity index (χ4n) is 0.875. The summed E-state index contributed by atoms with van der Waals surface area (Å²) in [4.78, 5) is 9.98. The lowest BCUT2D eigenvalue weighted by atomic mass is 10.1. The molecule has 0 saturated carbocycles. The van der Waals surface area contributed by atoms with E-state index in [1.807, 2.05) is 0 Å². The van der Waals surface area contributed by atoms with Crippen molar-refractivity contribution in [1.82, 2.24) is 0 Å². The van der Waals surface area contributed by atoms with Gasteiger partial charge in [-0.15, -0.1) is 0 Å². The molecule has 0 amide bonds. The summed E-state index contributed by atoms with van der Waals surface area (Å²) in [5.74, 6) is 0. The predicted molar refractivity (Wildman–Crippen MR) is 33.9 cm³/mol. The van der Waals surface area contributed by atoms with Crippen molar-refractivity contribution in [2.45, 2.75) is 19.3 Å². The molecule has 0 aromatic rings. The Balaban J connectivity index is 2.36. The molecule has 9 heavy (non-hydrogen) atoms. The van der Waals surface area contributed by atoms with Gasteiger partial charge in [0.25, 0.3) is 0 Å². The first-order chi connectivity index (χ1) is 4.43. The molecule has 0 fully saturated rings. The third-order valence-electron chi connectivity index (χ3n) is 1.36. The molecule has 0 saturated heterocycles. The molecule has 0 aromatic carbocycles. The van der Waals surface area contributed by atoms with Gasteiger partial charge < -0.3 is 9.53 Å². The summed E-state index contributed by atoms with van der Waals surface area (Å²) in [5, 5.41) is 0. The number of hydrogen-bond acceptors (Lipinski definition) is 2. The molecule has 0 N–H and O–H groups in total. The van der Waals surface area contributed by atoms with Crippen molar-refractivity contribution in [1.29, 1.82) is 0 Å². The lowest BCUT2D eigenvalue weighted by Crippen LogP contribution is -1.98. The average molecular weight is 126 g/mol. The zero-order valence-corrected chi connectivity index (χ0v) is 5.30. The van der Waals surface area contributed by atoms with Crippen molar-refractivity contribution in [2.24, 2.45) is 0 Å². The largest absolute Gasteiger partial charge is 0.501 e. The van der Waals surface area contributed by atoms with Gasteiger partial charge in [-0.2, -0.15) is 0 Å². The predicted octanol–water partition coefficient (Wildman–Crippen LogP) is 1.27. The van der Waals surface area contributed by atoms with Gasteiger partial charge in [-0.1, -0.05) is 0 Å². The second kappa shape index (κ2) is 3.28. The van der Waals surface area contributed by atoms with E-state index in [1.54, 1.807) is 6.26 Å². The minimum atomic E-state index is 0.542. The summed E-state index contributed by atoms with van der Waals surface area (Å²) in [7, 11) is 0. The summed E-state index contributed by atoms with van der Waals surface area (Å²) in [6.07, 6.45) is 5.25. The minimum absolute atomic E-state index is 0.542. The lowest BCUT2D eigenvalue weighted by Gasteiger charge is -2.10. The SMILES string of the molecule is O=CCC1=COCCC1. The average Bonchev–Trinajstić information content (AvgIpc) is 1.91. The number of allylic oxidation sites excluding steroid dienone is 1. The zero-order chi connectivity index (χ0) is 6.53. The molecule has 0 radical (unpaired) electrons. The van der Waals surface area contributed by atoms with Crippen molar-refractivity contribution in [2.75, 3.05) is 6.61 Å². The molecule has 0 aliphatic carbocycles. The molecule has 1 aliphatic rings. The number of ether oxygens (including phenoxy) is 1. The third kappa shape index (κ3) is 1.88. The third-order valence-corrected chi connectivity index (χ3v) is 1.36.